The van der Waals surface area contributed by atoms with Crippen LogP contribution in [0.3, 0.4) is 0 Å². The molecule has 0 aromatic carbocycles. The lowest BCUT2D eigenvalue weighted by Crippen LogP contribution is -1.91. The van der Waals surface area contributed by atoms with Crippen LogP contribution in [0, 0.1) is 5.92 Å². The average Bonchev–Trinajstić information content (AvgIpc) is 1.64. The van der Waals surface area contributed by atoms with Gasteiger partial charge in [-0.1, -0.05) is 38.1 Å². The lowest BCUT2D eigenvalue weighted by atomic mass is 10.0. The third-order valence-corrected chi connectivity index (χ3v) is 1.46. The lowest BCUT2D eigenvalue weighted by Gasteiger charge is -2.06. The molecule has 0 aromatic heterocycles. The van der Waals surface area contributed by atoms with Gasteiger partial charge in [-0.25, -0.2) is 0 Å². The van der Waals surface area contributed by atoms with Crippen molar-refractivity contribution in [3.8, 4) is 0 Å². The Balaban J connectivity index is 4.19. The van der Waals surface area contributed by atoms with Crippen molar-refractivity contribution >= 4 is 11.6 Å². The maximum absolute atomic E-state index is 5.68. The minimum absolute atomic E-state index is 0.486. The molecule has 0 aliphatic heterocycles. The summed E-state index contributed by atoms with van der Waals surface area (Å²) in [7, 11) is 0. The zero-order valence-electron chi connectivity index (χ0n) is 6.24. The maximum atomic E-state index is 5.68. The molecule has 0 radical (unpaired) electrons. The Hall–Kier alpha value is -0.230. The summed E-state index contributed by atoms with van der Waals surface area (Å²) in [6, 6.07) is 0. The van der Waals surface area contributed by atoms with Gasteiger partial charge in [-0.3, -0.25) is 0 Å². The molecule has 0 aliphatic carbocycles. The van der Waals surface area contributed by atoms with E-state index in [-0.39, 0.29) is 0 Å². The Morgan fingerprint density at radius 1 is 1.56 bits per heavy atom. The van der Waals surface area contributed by atoms with Crippen LogP contribution < -0.4 is 0 Å². The summed E-state index contributed by atoms with van der Waals surface area (Å²) in [5.74, 6) is 0.486. The van der Waals surface area contributed by atoms with E-state index in [0.717, 1.165) is 5.57 Å². The van der Waals surface area contributed by atoms with Crippen molar-refractivity contribution in [1.29, 1.82) is 0 Å². The van der Waals surface area contributed by atoms with Crippen molar-refractivity contribution in [3.05, 3.63) is 23.3 Å². The van der Waals surface area contributed by atoms with Crippen LogP contribution in [-0.2, 0) is 0 Å². The van der Waals surface area contributed by atoms with Crippen molar-refractivity contribution in [1.82, 2.24) is 0 Å². The van der Waals surface area contributed by atoms with Crippen LogP contribution in [0.1, 0.15) is 20.8 Å². The van der Waals surface area contributed by atoms with Crippen LogP contribution in [0.15, 0.2) is 23.3 Å². The number of rotatable bonds is 2. The van der Waals surface area contributed by atoms with Gasteiger partial charge in [0.1, 0.15) is 0 Å². The summed E-state index contributed by atoms with van der Waals surface area (Å²) in [4.78, 5) is 0. The first-order chi connectivity index (χ1) is 4.09. The standard InChI is InChI=1S/C8H13Cl/c1-5-8(6(2)3)7(4)9/h5-6H,4H2,1-3H3/b8-5-. The molecule has 0 N–H and O–H groups in total. The highest BCUT2D eigenvalue weighted by atomic mass is 35.5. The first-order valence-corrected chi connectivity index (χ1v) is 3.48. The summed E-state index contributed by atoms with van der Waals surface area (Å²) >= 11 is 5.68. The Morgan fingerprint density at radius 2 is 2.00 bits per heavy atom. The second-order valence-corrected chi connectivity index (χ2v) is 2.76. The summed E-state index contributed by atoms with van der Waals surface area (Å²) in [6.45, 7) is 9.82. The normalized spacial score (nSPS) is 12.3. The Morgan fingerprint density at radius 3 is 2.00 bits per heavy atom. The summed E-state index contributed by atoms with van der Waals surface area (Å²) in [5.41, 5.74) is 1.14. The van der Waals surface area contributed by atoms with Crippen molar-refractivity contribution < 1.29 is 0 Å². The van der Waals surface area contributed by atoms with Gasteiger partial charge in [0.2, 0.25) is 0 Å². The van der Waals surface area contributed by atoms with E-state index in [4.69, 9.17) is 11.6 Å². The zero-order valence-corrected chi connectivity index (χ0v) is 7.00. The van der Waals surface area contributed by atoms with E-state index in [1.165, 1.54) is 0 Å². The van der Waals surface area contributed by atoms with Gasteiger partial charge >= 0.3 is 0 Å². The molecule has 0 saturated carbocycles. The fourth-order valence-corrected chi connectivity index (χ4v) is 1.13. The van der Waals surface area contributed by atoms with E-state index < -0.39 is 0 Å². The Bertz CT molecular complexity index is 132. The minimum atomic E-state index is 0.486. The van der Waals surface area contributed by atoms with Crippen molar-refractivity contribution in [2.75, 3.05) is 0 Å². The second kappa shape index (κ2) is 3.73. The van der Waals surface area contributed by atoms with Crippen molar-refractivity contribution in [2.24, 2.45) is 5.92 Å². The molecule has 0 aliphatic rings. The van der Waals surface area contributed by atoms with Gasteiger partial charge in [-0.2, -0.15) is 0 Å². The third-order valence-electron chi connectivity index (χ3n) is 1.25. The number of hydrogen-bond donors (Lipinski definition) is 0. The molecule has 0 saturated heterocycles. The molecule has 0 nitrogen and oxygen atoms in total. The van der Waals surface area contributed by atoms with Crippen LogP contribution in [0.5, 0.6) is 0 Å². The van der Waals surface area contributed by atoms with E-state index >= 15 is 0 Å². The summed E-state index contributed by atoms with van der Waals surface area (Å²) < 4.78 is 0. The number of halogens is 1. The third kappa shape index (κ3) is 2.71. The number of hydrogen-bond acceptors (Lipinski definition) is 0. The molecular weight excluding hydrogens is 132 g/mol. The van der Waals surface area contributed by atoms with E-state index in [1.807, 2.05) is 13.0 Å². The minimum Gasteiger partial charge on any atom is -0.0847 e. The molecule has 0 amide bonds. The molecule has 9 heavy (non-hydrogen) atoms. The van der Waals surface area contributed by atoms with Gasteiger partial charge in [-0.15, -0.1) is 0 Å². The summed E-state index contributed by atoms with van der Waals surface area (Å²) in [5, 5.41) is 0.660. The monoisotopic (exact) mass is 144 g/mol. The van der Waals surface area contributed by atoms with Gasteiger partial charge < -0.3 is 0 Å². The SMILES string of the molecule is C=C(Cl)/C(=C\C)C(C)C. The highest BCUT2D eigenvalue weighted by Crippen LogP contribution is 2.20. The Kier molecular flexibility index (Phi) is 3.64. The molecule has 0 unspecified atom stereocenters. The van der Waals surface area contributed by atoms with Crippen molar-refractivity contribution in [2.45, 2.75) is 20.8 Å². The van der Waals surface area contributed by atoms with Gasteiger partial charge in [0, 0.05) is 5.03 Å². The second-order valence-electron chi connectivity index (χ2n) is 2.30. The van der Waals surface area contributed by atoms with E-state index in [1.54, 1.807) is 0 Å². The molecular formula is C8H13Cl. The molecule has 0 rings (SSSR count). The molecule has 0 spiro atoms. The highest BCUT2D eigenvalue weighted by Gasteiger charge is 2.02. The molecule has 0 heterocycles. The molecule has 1 heteroatoms. The maximum Gasteiger partial charge on any atom is 0.0365 e. The van der Waals surface area contributed by atoms with Gasteiger partial charge in [0.05, 0.1) is 0 Å². The van der Waals surface area contributed by atoms with Crippen LogP contribution in [-0.4, -0.2) is 0 Å². The number of allylic oxidation sites excluding steroid dienone is 3. The van der Waals surface area contributed by atoms with E-state index in [0.29, 0.717) is 11.0 Å². The molecule has 52 valence electrons. The zero-order chi connectivity index (χ0) is 7.44. The average molecular weight is 145 g/mol. The molecule has 0 aromatic rings. The predicted molar refractivity (Wildman–Crippen MR) is 43.6 cm³/mol. The van der Waals surface area contributed by atoms with Crippen LogP contribution in [0.4, 0.5) is 0 Å². The molecule has 0 atom stereocenters. The fourth-order valence-electron chi connectivity index (χ4n) is 0.803. The first-order valence-electron chi connectivity index (χ1n) is 3.10. The van der Waals surface area contributed by atoms with E-state index in [2.05, 4.69) is 20.4 Å². The topological polar surface area (TPSA) is 0 Å². The van der Waals surface area contributed by atoms with Crippen molar-refractivity contribution in [3.63, 3.8) is 0 Å². The van der Waals surface area contributed by atoms with E-state index in [9.17, 15) is 0 Å². The molecule has 0 bridgehead atoms. The first kappa shape index (κ1) is 8.77. The predicted octanol–water partition coefficient (Wildman–Crippen LogP) is 3.34. The quantitative estimate of drug-likeness (QED) is 0.522. The molecule has 0 fully saturated rings. The van der Waals surface area contributed by atoms with Gasteiger partial charge in [0.25, 0.3) is 0 Å². The van der Waals surface area contributed by atoms with Crippen LogP contribution in [0.25, 0.3) is 0 Å². The highest BCUT2D eigenvalue weighted by molar-refractivity contribution is 6.31. The smallest absolute Gasteiger partial charge is 0.0365 e. The van der Waals surface area contributed by atoms with Crippen LogP contribution >= 0.6 is 11.6 Å². The lowest BCUT2D eigenvalue weighted by molar-refractivity contribution is 0.786. The fraction of sp³-hybridized carbons (Fsp3) is 0.500. The van der Waals surface area contributed by atoms with Gasteiger partial charge in [-0.05, 0) is 18.4 Å². The van der Waals surface area contributed by atoms with Crippen LogP contribution in [0.2, 0.25) is 0 Å². The largest absolute Gasteiger partial charge is 0.0847 e. The Labute approximate surface area is 62.2 Å². The van der Waals surface area contributed by atoms with Gasteiger partial charge in [0.15, 0.2) is 0 Å². The summed E-state index contributed by atoms with van der Waals surface area (Å²) in [6.07, 6.45) is 2.00.